The average molecular weight is 365 g/mol. The Morgan fingerprint density at radius 2 is 2.24 bits per heavy atom. The third kappa shape index (κ3) is 3.14. The Bertz CT molecular complexity index is 693. The Labute approximate surface area is 153 Å². The molecule has 25 heavy (non-hydrogen) atoms. The van der Waals surface area contributed by atoms with Gasteiger partial charge in [0.15, 0.2) is 0 Å². The van der Waals surface area contributed by atoms with E-state index in [1.54, 1.807) is 0 Å². The molecule has 3 heterocycles. The number of nitrogens with zero attached hydrogens (tertiary/aromatic N) is 1. The molecular weight excluding hydrogens is 340 g/mol. The van der Waals surface area contributed by atoms with Gasteiger partial charge in [-0.1, -0.05) is 11.6 Å². The lowest BCUT2D eigenvalue weighted by Gasteiger charge is -2.53. The fourth-order valence-corrected chi connectivity index (χ4v) is 4.90. The Kier molecular flexibility index (Phi) is 4.21. The van der Waals surface area contributed by atoms with Crippen molar-refractivity contribution in [3.8, 4) is 5.75 Å². The van der Waals surface area contributed by atoms with Gasteiger partial charge in [0.05, 0.1) is 18.8 Å². The minimum atomic E-state index is -0.303. The van der Waals surface area contributed by atoms with Gasteiger partial charge in [-0.05, 0) is 50.8 Å². The maximum absolute atomic E-state index is 11.2. The highest BCUT2D eigenvalue weighted by atomic mass is 35.5. The lowest BCUT2D eigenvalue weighted by molar-refractivity contribution is -0.187. The van der Waals surface area contributed by atoms with Crippen LogP contribution in [0.5, 0.6) is 5.75 Å². The zero-order chi connectivity index (χ0) is 17.8. The standard InChI is InChI=1S/C19H25ClN2O3/c1-19(2)14-7-11-9-22(10-17(21)23)6-5-15(11)24-18(14)13-8-12(20)3-4-16(13)25-19/h3-4,8,11,14-15,18H,5-7,9-10H2,1-2H3,(H2,21,23)/t11-,14-,15-,18+/m1/s1. The van der Waals surface area contributed by atoms with Crippen LogP contribution in [0.1, 0.15) is 38.4 Å². The zero-order valence-electron chi connectivity index (χ0n) is 14.7. The molecule has 0 bridgehead atoms. The molecule has 0 aromatic heterocycles. The number of ether oxygens (including phenoxy) is 2. The molecule has 0 aliphatic carbocycles. The molecule has 3 aliphatic heterocycles. The first-order valence-electron chi connectivity index (χ1n) is 8.98. The highest BCUT2D eigenvalue weighted by Crippen LogP contribution is 2.53. The first-order valence-corrected chi connectivity index (χ1v) is 9.36. The SMILES string of the molecule is CC1(C)Oc2ccc(Cl)cc2[C@@H]2O[C@@H]3CCN(CC(N)=O)C[C@H]3C[C@H]21. The quantitative estimate of drug-likeness (QED) is 0.876. The Balaban J connectivity index is 1.60. The maximum atomic E-state index is 11.2. The topological polar surface area (TPSA) is 64.8 Å². The molecule has 6 heteroatoms. The molecule has 0 spiro atoms. The van der Waals surface area contributed by atoms with Gasteiger partial charge in [-0.15, -0.1) is 0 Å². The molecule has 0 unspecified atom stereocenters. The van der Waals surface area contributed by atoms with Crippen molar-refractivity contribution in [2.24, 2.45) is 17.6 Å². The Morgan fingerprint density at radius 1 is 1.44 bits per heavy atom. The van der Waals surface area contributed by atoms with E-state index < -0.39 is 0 Å². The predicted molar refractivity (Wildman–Crippen MR) is 95.6 cm³/mol. The third-order valence-electron chi connectivity index (χ3n) is 5.92. The second-order valence-electron chi connectivity index (χ2n) is 8.08. The molecule has 136 valence electrons. The minimum absolute atomic E-state index is 0.0152. The maximum Gasteiger partial charge on any atom is 0.231 e. The highest BCUT2D eigenvalue weighted by molar-refractivity contribution is 6.30. The smallest absolute Gasteiger partial charge is 0.231 e. The number of halogens is 1. The van der Waals surface area contributed by atoms with E-state index in [0.29, 0.717) is 17.5 Å². The predicted octanol–water partition coefficient (Wildman–Crippen LogP) is 2.76. The van der Waals surface area contributed by atoms with Gasteiger partial charge < -0.3 is 15.2 Å². The van der Waals surface area contributed by atoms with E-state index in [1.807, 2.05) is 18.2 Å². The summed E-state index contributed by atoms with van der Waals surface area (Å²) in [5, 5.41) is 0.711. The molecule has 4 atom stereocenters. The number of piperidine rings is 1. The second kappa shape index (κ2) is 6.15. The van der Waals surface area contributed by atoms with Crippen molar-refractivity contribution >= 4 is 17.5 Å². The van der Waals surface area contributed by atoms with Crippen molar-refractivity contribution in [3.05, 3.63) is 28.8 Å². The molecular formula is C19H25ClN2O3. The molecule has 2 N–H and O–H groups in total. The van der Waals surface area contributed by atoms with Crippen LogP contribution in [0.3, 0.4) is 0 Å². The van der Waals surface area contributed by atoms with Gasteiger partial charge in [-0.3, -0.25) is 9.69 Å². The number of likely N-dealkylation sites (tertiary alicyclic amines) is 1. The summed E-state index contributed by atoms with van der Waals surface area (Å²) >= 11 is 6.22. The van der Waals surface area contributed by atoms with Crippen LogP contribution in [0.25, 0.3) is 0 Å². The number of carbonyl (C=O) groups excluding carboxylic acids is 1. The molecule has 1 amide bonds. The van der Waals surface area contributed by atoms with E-state index >= 15 is 0 Å². The van der Waals surface area contributed by atoms with Crippen molar-refractivity contribution in [3.63, 3.8) is 0 Å². The molecule has 5 nitrogen and oxygen atoms in total. The summed E-state index contributed by atoms with van der Waals surface area (Å²) in [6.07, 6.45) is 2.18. The van der Waals surface area contributed by atoms with E-state index in [1.165, 1.54) is 0 Å². The lowest BCUT2D eigenvalue weighted by Crippen LogP contribution is -2.55. The summed E-state index contributed by atoms with van der Waals surface area (Å²) in [5.74, 6) is 1.27. The van der Waals surface area contributed by atoms with E-state index in [9.17, 15) is 4.79 Å². The van der Waals surface area contributed by atoms with Crippen LogP contribution in [0, 0.1) is 11.8 Å². The summed E-state index contributed by atoms with van der Waals surface area (Å²) in [6, 6.07) is 5.79. The fraction of sp³-hybridized carbons (Fsp3) is 0.632. The largest absolute Gasteiger partial charge is 0.487 e. The van der Waals surface area contributed by atoms with Gasteiger partial charge in [0.25, 0.3) is 0 Å². The van der Waals surface area contributed by atoms with Gasteiger partial charge in [0.2, 0.25) is 5.91 Å². The molecule has 1 aromatic carbocycles. The van der Waals surface area contributed by atoms with Gasteiger partial charge >= 0.3 is 0 Å². The number of rotatable bonds is 2. The first-order chi connectivity index (χ1) is 11.8. The first kappa shape index (κ1) is 17.1. The number of hydrogen-bond donors (Lipinski definition) is 1. The number of carbonyl (C=O) groups is 1. The number of fused-ring (bicyclic) bond motifs is 4. The highest BCUT2D eigenvalue weighted by Gasteiger charge is 2.51. The summed E-state index contributed by atoms with van der Waals surface area (Å²) < 4.78 is 12.9. The molecule has 1 aromatic rings. The van der Waals surface area contributed by atoms with E-state index in [4.69, 9.17) is 26.8 Å². The number of amides is 1. The summed E-state index contributed by atoms with van der Waals surface area (Å²) in [6.45, 7) is 6.31. The molecule has 2 fully saturated rings. The van der Waals surface area contributed by atoms with E-state index in [-0.39, 0.29) is 29.6 Å². The van der Waals surface area contributed by atoms with Crippen LogP contribution >= 0.6 is 11.6 Å². The van der Waals surface area contributed by atoms with Crippen molar-refractivity contribution in [2.45, 2.75) is 44.5 Å². The summed E-state index contributed by atoms with van der Waals surface area (Å²) in [7, 11) is 0. The van der Waals surface area contributed by atoms with Crippen LogP contribution in [0.15, 0.2) is 18.2 Å². The minimum Gasteiger partial charge on any atom is -0.487 e. The lowest BCUT2D eigenvalue weighted by atomic mass is 9.70. The molecule has 0 saturated carbocycles. The van der Waals surface area contributed by atoms with Gasteiger partial charge in [-0.25, -0.2) is 0 Å². The zero-order valence-corrected chi connectivity index (χ0v) is 15.5. The fourth-order valence-electron chi connectivity index (χ4n) is 4.72. The molecule has 2 saturated heterocycles. The Morgan fingerprint density at radius 3 is 3.00 bits per heavy atom. The van der Waals surface area contributed by atoms with Gasteiger partial charge in [-0.2, -0.15) is 0 Å². The van der Waals surface area contributed by atoms with Gasteiger partial charge in [0, 0.05) is 29.6 Å². The monoisotopic (exact) mass is 364 g/mol. The van der Waals surface area contributed by atoms with Crippen molar-refractivity contribution in [1.29, 1.82) is 0 Å². The van der Waals surface area contributed by atoms with Crippen molar-refractivity contribution in [1.82, 2.24) is 4.90 Å². The van der Waals surface area contributed by atoms with Gasteiger partial charge in [0.1, 0.15) is 11.4 Å². The van der Waals surface area contributed by atoms with Crippen molar-refractivity contribution in [2.75, 3.05) is 19.6 Å². The second-order valence-corrected chi connectivity index (χ2v) is 8.51. The van der Waals surface area contributed by atoms with E-state index in [2.05, 4.69) is 18.7 Å². The summed E-state index contributed by atoms with van der Waals surface area (Å²) in [4.78, 5) is 13.4. The summed E-state index contributed by atoms with van der Waals surface area (Å²) in [5.41, 5.74) is 6.13. The van der Waals surface area contributed by atoms with Crippen LogP contribution in [-0.4, -0.2) is 42.1 Å². The number of benzene rings is 1. The number of hydrogen-bond acceptors (Lipinski definition) is 4. The molecule has 3 aliphatic rings. The molecule has 4 rings (SSSR count). The van der Waals surface area contributed by atoms with Crippen LogP contribution in [0.2, 0.25) is 5.02 Å². The Hall–Kier alpha value is -1.30. The third-order valence-corrected chi connectivity index (χ3v) is 6.15. The van der Waals surface area contributed by atoms with Crippen LogP contribution < -0.4 is 10.5 Å². The molecule has 0 radical (unpaired) electrons. The van der Waals surface area contributed by atoms with Crippen LogP contribution in [-0.2, 0) is 9.53 Å². The van der Waals surface area contributed by atoms with Crippen molar-refractivity contribution < 1.29 is 14.3 Å². The van der Waals surface area contributed by atoms with E-state index in [0.717, 1.165) is 37.2 Å². The number of primary amides is 1. The average Bonchev–Trinajstić information content (AvgIpc) is 2.54. The normalized spacial score (nSPS) is 33.6. The number of nitrogens with two attached hydrogens (primary N) is 1. The van der Waals surface area contributed by atoms with Crippen LogP contribution in [0.4, 0.5) is 0 Å².